The molecule has 0 atom stereocenters. The zero-order valence-electron chi connectivity index (χ0n) is 14.7. The zero-order chi connectivity index (χ0) is 21.0. The molecule has 1 amide bonds. The van der Waals surface area contributed by atoms with Gasteiger partial charge < -0.3 is 11.1 Å². The maximum atomic E-state index is 12.8. The van der Waals surface area contributed by atoms with Gasteiger partial charge in [0.05, 0.1) is 5.56 Å². The highest BCUT2D eigenvalue weighted by molar-refractivity contribution is 6.32. The van der Waals surface area contributed by atoms with Crippen LogP contribution >= 0.6 is 11.6 Å². The number of anilines is 2. The second-order valence-electron chi connectivity index (χ2n) is 5.98. The van der Waals surface area contributed by atoms with Gasteiger partial charge in [0, 0.05) is 34.2 Å². The first-order valence-corrected chi connectivity index (χ1v) is 8.64. The Labute approximate surface area is 169 Å². The Balaban J connectivity index is 1.79. The number of alkyl halides is 3. The van der Waals surface area contributed by atoms with Crippen LogP contribution in [0.2, 0.25) is 5.02 Å². The van der Waals surface area contributed by atoms with Crippen molar-refractivity contribution in [3.63, 3.8) is 0 Å². The van der Waals surface area contributed by atoms with Gasteiger partial charge in [0.2, 0.25) is 5.95 Å². The first-order chi connectivity index (χ1) is 13.7. The number of carbonyl (C=O) groups excluding carboxylic acids is 1. The first-order valence-electron chi connectivity index (χ1n) is 8.26. The minimum atomic E-state index is -4.53. The molecule has 0 aliphatic rings. The third kappa shape index (κ3) is 5.32. The molecule has 0 saturated heterocycles. The van der Waals surface area contributed by atoms with Crippen molar-refractivity contribution in [1.82, 2.24) is 9.97 Å². The molecule has 0 aliphatic carbocycles. The summed E-state index contributed by atoms with van der Waals surface area (Å²) in [5.41, 5.74) is 6.09. The molecule has 0 spiro atoms. The van der Waals surface area contributed by atoms with Gasteiger partial charge in [0.15, 0.2) is 0 Å². The van der Waals surface area contributed by atoms with E-state index in [0.717, 1.165) is 12.1 Å². The van der Waals surface area contributed by atoms with Crippen molar-refractivity contribution in [3.05, 3.63) is 82.1 Å². The van der Waals surface area contributed by atoms with Crippen molar-refractivity contribution < 1.29 is 18.0 Å². The Morgan fingerprint density at radius 1 is 1.07 bits per heavy atom. The largest absolute Gasteiger partial charge is 0.416 e. The van der Waals surface area contributed by atoms with Gasteiger partial charge in [-0.05, 0) is 42.0 Å². The van der Waals surface area contributed by atoms with Crippen molar-refractivity contribution in [3.8, 4) is 0 Å². The van der Waals surface area contributed by atoms with Crippen LogP contribution in [-0.2, 0) is 6.18 Å². The second kappa shape index (κ2) is 8.32. The summed E-state index contributed by atoms with van der Waals surface area (Å²) in [4.78, 5) is 20.1. The molecule has 0 fully saturated rings. The van der Waals surface area contributed by atoms with Crippen molar-refractivity contribution in [2.24, 2.45) is 0 Å². The van der Waals surface area contributed by atoms with Crippen LogP contribution in [-0.4, -0.2) is 15.9 Å². The van der Waals surface area contributed by atoms with E-state index in [9.17, 15) is 18.0 Å². The number of aromatic nitrogens is 2. The molecular formula is C20H14ClF3N4O. The predicted octanol–water partition coefficient (Wildman–Crippen LogP) is 5.15. The molecule has 0 radical (unpaired) electrons. The zero-order valence-corrected chi connectivity index (χ0v) is 15.5. The molecule has 2 aromatic carbocycles. The minimum absolute atomic E-state index is 0.106. The summed E-state index contributed by atoms with van der Waals surface area (Å²) in [6, 6.07) is 8.92. The Morgan fingerprint density at radius 2 is 1.79 bits per heavy atom. The minimum Gasteiger partial charge on any atom is -0.368 e. The second-order valence-corrected chi connectivity index (χ2v) is 6.38. The number of rotatable bonds is 4. The van der Waals surface area contributed by atoms with E-state index in [1.54, 1.807) is 30.4 Å². The highest BCUT2D eigenvalue weighted by atomic mass is 35.5. The third-order valence-corrected chi connectivity index (χ3v) is 4.20. The SMILES string of the molecule is Nc1ncc(C=Cc2cc(NC(=O)c3cccc(C(F)(F)F)c3)ccc2Cl)cn1. The van der Waals surface area contributed by atoms with Crippen LogP contribution in [0.5, 0.6) is 0 Å². The number of benzene rings is 2. The average Bonchev–Trinajstić information content (AvgIpc) is 2.69. The molecule has 1 heterocycles. The van der Waals surface area contributed by atoms with Crippen molar-refractivity contribution in [2.45, 2.75) is 6.18 Å². The fourth-order valence-electron chi connectivity index (χ4n) is 2.41. The number of carbonyl (C=O) groups is 1. The predicted molar refractivity (Wildman–Crippen MR) is 106 cm³/mol. The van der Waals surface area contributed by atoms with Crippen LogP contribution in [0.25, 0.3) is 12.2 Å². The number of amides is 1. The molecule has 0 saturated carbocycles. The lowest BCUT2D eigenvalue weighted by atomic mass is 10.1. The van der Waals surface area contributed by atoms with Gasteiger partial charge in [-0.2, -0.15) is 13.2 Å². The number of nitrogens with two attached hydrogens (primary N) is 1. The summed E-state index contributed by atoms with van der Waals surface area (Å²) < 4.78 is 38.5. The summed E-state index contributed by atoms with van der Waals surface area (Å²) in [5, 5.41) is 3.00. The van der Waals surface area contributed by atoms with Crippen LogP contribution in [0, 0.1) is 0 Å². The third-order valence-electron chi connectivity index (χ3n) is 3.85. The van der Waals surface area contributed by atoms with Crippen LogP contribution in [0.15, 0.2) is 54.9 Å². The number of halogens is 4. The fraction of sp³-hybridized carbons (Fsp3) is 0.0500. The van der Waals surface area contributed by atoms with E-state index in [1.165, 1.54) is 24.5 Å². The highest BCUT2D eigenvalue weighted by Gasteiger charge is 2.30. The lowest BCUT2D eigenvalue weighted by molar-refractivity contribution is -0.137. The number of nitrogens with zero attached hydrogens (tertiary/aromatic N) is 2. The lowest BCUT2D eigenvalue weighted by Gasteiger charge is -2.10. The van der Waals surface area contributed by atoms with Crippen LogP contribution in [0.4, 0.5) is 24.8 Å². The average molecular weight is 419 g/mol. The van der Waals surface area contributed by atoms with Crippen molar-refractivity contribution >= 4 is 41.3 Å². The van der Waals surface area contributed by atoms with Gasteiger partial charge >= 0.3 is 6.18 Å². The maximum absolute atomic E-state index is 12.8. The topological polar surface area (TPSA) is 80.9 Å². The number of nitrogens with one attached hydrogen (secondary N) is 1. The summed E-state index contributed by atoms with van der Waals surface area (Å²) in [6.07, 6.45) is 1.94. The van der Waals surface area contributed by atoms with E-state index in [0.29, 0.717) is 21.8 Å². The molecule has 1 aromatic heterocycles. The van der Waals surface area contributed by atoms with Gasteiger partial charge in [0.25, 0.3) is 5.91 Å². The molecule has 0 bridgehead atoms. The van der Waals surface area contributed by atoms with Gasteiger partial charge in [-0.3, -0.25) is 4.79 Å². The van der Waals surface area contributed by atoms with E-state index in [2.05, 4.69) is 15.3 Å². The first kappa shape index (κ1) is 20.3. The molecule has 29 heavy (non-hydrogen) atoms. The monoisotopic (exact) mass is 418 g/mol. The molecule has 3 N–H and O–H groups in total. The number of hydrogen-bond donors (Lipinski definition) is 2. The van der Waals surface area contributed by atoms with E-state index < -0.39 is 17.6 Å². The molecule has 0 unspecified atom stereocenters. The number of nitrogen functional groups attached to an aromatic ring is 1. The Bertz CT molecular complexity index is 1070. The van der Waals surface area contributed by atoms with E-state index >= 15 is 0 Å². The molecule has 148 valence electrons. The molecule has 3 aromatic rings. The van der Waals surface area contributed by atoms with Gasteiger partial charge in [-0.15, -0.1) is 0 Å². The van der Waals surface area contributed by atoms with Crippen molar-refractivity contribution in [1.29, 1.82) is 0 Å². The Morgan fingerprint density at radius 3 is 2.48 bits per heavy atom. The van der Waals surface area contributed by atoms with Crippen LogP contribution in [0.3, 0.4) is 0 Å². The smallest absolute Gasteiger partial charge is 0.368 e. The molecule has 3 rings (SSSR count). The quantitative estimate of drug-likeness (QED) is 0.613. The van der Waals surface area contributed by atoms with E-state index in [1.807, 2.05) is 0 Å². The Kier molecular flexibility index (Phi) is 5.84. The standard InChI is InChI=1S/C20H14ClF3N4O/c21-17-7-6-16(9-13(17)5-4-12-10-26-19(25)27-11-12)28-18(29)14-2-1-3-15(8-14)20(22,23)24/h1-11H,(H,28,29)(H2,25,26,27). The van der Waals surface area contributed by atoms with Crippen LogP contribution < -0.4 is 11.1 Å². The van der Waals surface area contributed by atoms with Crippen LogP contribution in [0.1, 0.15) is 27.0 Å². The van der Waals surface area contributed by atoms with E-state index in [4.69, 9.17) is 17.3 Å². The summed E-state index contributed by atoms with van der Waals surface area (Å²) >= 11 is 6.17. The highest BCUT2D eigenvalue weighted by Crippen LogP contribution is 2.30. The van der Waals surface area contributed by atoms with Gasteiger partial charge in [0.1, 0.15) is 0 Å². The van der Waals surface area contributed by atoms with Gasteiger partial charge in [-0.1, -0.05) is 29.8 Å². The van der Waals surface area contributed by atoms with Gasteiger partial charge in [-0.25, -0.2) is 9.97 Å². The molecule has 5 nitrogen and oxygen atoms in total. The molecular weight excluding hydrogens is 405 g/mol. The number of hydrogen-bond acceptors (Lipinski definition) is 4. The fourth-order valence-corrected chi connectivity index (χ4v) is 2.59. The molecule has 0 aliphatic heterocycles. The van der Waals surface area contributed by atoms with E-state index in [-0.39, 0.29) is 11.5 Å². The maximum Gasteiger partial charge on any atom is 0.416 e. The lowest BCUT2D eigenvalue weighted by Crippen LogP contribution is -2.14. The Hall–Kier alpha value is -3.39. The normalized spacial score (nSPS) is 11.6. The van der Waals surface area contributed by atoms with Crippen molar-refractivity contribution in [2.75, 3.05) is 11.1 Å². The summed E-state index contributed by atoms with van der Waals surface area (Å²) in [6.45, 7) is 0. The summed E-state index contributed by atoms with van der Waals surface area (Å²) in [5.74, 6) is -0.514. The summed E-state index contributed by atoms with van der Waals surface area (Å²) in [7, 11) is 0. The molecule has 9 heteroatoms.